The van der Waals surface area contributed by atoms with Crippen LogP contribution in [0, 0.1) is 0 Å². The monoisotopic (exact) mass is 180 g/mol. The zero-order valence-corrected chi connectivity index (χ0v) is 9.04. The zero-order valence-electron chi connectivity index (χ0n) is 9.04. The smallest absolute Gasteiger partial charge is 0.0541 e. The van der Waals surface area contributed by atoms with E-state index in [2.05, 4.69) is 24.1 Å². The molecule has 13 heavy (non-hydrogen) atoms. The molecular weight excluding hydrogens is 160 g/mol. The Morgan fingerprint density at radius 3 is 2.46 bits per heavy atom. The number of pyridine rings is 1. The first-order chi connectivity index (χ1) is 6.29. The fourth-order valence-corrected chi connectivity index (χ4v) is 0.811. The van der Waals surface area contributed by atoms with Gasteiger partial charge < -0.3 is 5.32 Å². The summed E-state index contributed by atoms with van der Waals surface area (Å²) in [4.78, 5) is 4.19. The number of rotatable bonds is 3. The van der Waals surface area contributed by atoms with Gasteiger partial charge in [0.15, 0.2) is 0 Å². The molecule has 0 fully saturated rings. The summed E-state index contributed by atoms with van der Waals surface area (Å²) < 4.78 is 0. The number of hydrogen-bond acceptors (Lipinski definition) is 2. The molecule has 1 aromatic rings. The second kappa shape index (κ2) is 7.74. The highest BCUT2D eigenvalue weighted by Crippen LogP contribution is 1.92. The minimum Gasteiger partial charge on any atom is -0.309 e. The number of aromatic nitrogens is 1. The third kappa shape index (κ3) is 6.29. The predicted octanol–water partition coefficient (Wildman–Crippen LogP) is 2.61. The van der Waals surface area contributed by atoms with Crippen LogP contribution in [0.25, 0.3) is 0 Å². The van der Waals surface area contributed by atoms with Crippen LogP contribution >= 0.6 is 0 Å². The molecule has 0 aromatic carbocycles. The molecule has 0 saturated carbocycles. The summed E-state index contributed by atoms with van der Waals surface area (Å²) in [5.74, 6) is 0. The van der Waals surface area contributed by atoms with Crippen LogP contribution in [0.1, 0.15) is 33.4 Å². The van der Waals surface area contributed by atoms with Gasteiger partial charge in [0.1, 0.15) is 0 Å². The van der Waals surface area contributed by atoms with Gasteiger partial charge in [-0.1, -0.05) is 33.8 Å². The Hall–Kier alpha value is -0.890. The summed E-state index contributed by atoms with van der Waals surface area (Å²) in [6.45, 7) is 9.12. The van der Waals surface area contributed by atoms with E-state index in [1.165, 1.54) is 0 Å². The highest BCUT2D eigenvalue weighted by molar-refractivity contribution is 5.02. The fourth-order valence-electron chi connectivity index (χ4n) is 0.811. The first-order valence-electron chi connectivity index (χ1n) is 4.92. The Bertz CT molecular complexity index is 195. The molecular formula is C11H20N2. The predicted molar refractivity (Wildman–Crippen MR) is 57.6 cm³/mol. The van der Waals surface area contributed by atoms with Crippen molar-refractivity contribution < 1.29 is 0 Å². The molecule has 2 heteroatoms. The van der Waals surface area contributed by atoms with Gasteiger partial charge in [0.25, 0.3) is 0 Å². The second-order valence-electron chi connectivity index (χ2n) is 2.86. The lowest BCUT2D eigenvalue weighted by Gasteiger charge is -2.06. The first kappa shape index (κ1) is 12.1. The number of nitrogens with one attached hydrogen (secondary N) is 1. The van der Waals surface area contributed by atoms with Crippen LogP contribution in [0.4, 0.5) is 0 Å². The molecule has 0 aliphatic heterocycles. The maximum Gasteiger partial charge on any atom is 0.0541 e. The molecule has 0 aliphatic carbocycles. The van der Waals surface area contributed by atoms with Crippen molar-refractivity contribution in [2.24, 2.45) is 0 Å². The van der Waals surface area contributed by atoms with Gasteiger partial charge in [-0.15, -0.1) is 0 Å². The molecule has 1 N–H and O–H groups in total. The Morgan fingerprint density at radius 1 is 1.31 bits per heavy atom. The van der Waals surface area contributed by atoms with Gasteiger partial charge in [0.2, 0.25) is 0 Å². The van der Waals surface area contributed by atoms with Crippen molar-refractivity contribution in [3.05, 3.63) is 30.1 Å². The van der Waals surface area contributed by atoms with Crippen LogP contribution in [0.15, 0.2) is 24.4 Å². The highest BCUT2D eigenvalue weighted by atomic mass is 14.9. The van der Waals surface area contributed by atoms with E-state index in [1.807, 2.05) is 38.2 Å². The molecule has 2 nitrogen and oxygen atoms in total. The van der Waals surface area contributed by atoms with Crippen molar-refractivity contribution in [1.82, 2.24) is 10.3 Å². The van der Waals surface area contributed by atoms with E-state index < -0.39 is 0 Å². The molecule has 0 spiro atoms. The fraction of sp³-hybridized carbons (Fsp3) is 0.545. The van der Waals surface area contributed by atoms with Crippen LogP contribution in [0.5, 0.6) is 0 Å². The zero-order chi connectivity index (χ0) is 10.1. The number of hydrogen-bond donors (Lipinski definition) is 1. The summed E-state index contributed by atoms with van der Waals surface area (Å²) in [5, 5.41) is 3.30. The van der Waals surface area contributed by atoms with E-state index in [9.17, 15) is 0 Å². The lowest BCUT2D eigenvalue weighted by atomic mass is 10.3. The molecule has 0 aliphatic rings. The van der Waals surface area contributed by atoms with Crippen molar-refractivity contribution in [2.45, 2.75) is 40.3 Å². The van der Waals surface area contributed by atoms with E-state index in [-0.39, 0.29) is 0 Å². The van der Waals surface area contributed by atoms with E-state index in [4.69, 9.17) is 0 Å². The minimum atomic E-state index is 0.525. The Balaban J connectivity index is 0.000000671. The van der Waals surface area contributed by atoms with Crippen molar-refractivity contribution >= 4 is 0 Å². The maximum atomic E-state index is 4.19. The molecule has 0 amide bonds. The normalized spacial score (nSPS) is 9.31. The van der Waals surface area contributed by atoms with Crippen molar-refractivity contribution in [1.29, 1.82) is 0 Å². The van der Waals surface area contributed by atoms with Crippen LogP contribution in [-0.4, -0.2) is 11.0 Å². The van der Waals surface area contributed by atoms with Gasteiger partial charge in [-0.25, -0.2) is 0 Å². The topological polar surface area (TPSA) is 24.9 Å². The van der Waals surface area contributed by atoms with Crippen LogP contribution in [-0.2, 0) is 6.54 Å². The Kier molecular flexibility index (Phi) is 7.21. The van der Waals surface area contributed by atoms with Gasteiger partial charge in [-0.2, -0.15) is 0 Å². The van der Waals surface area contributed by atoms with Gasteiger partial charge in [-0.3, -0.25) is 4.98 Å². The van der Waals surface area contributed by atoms with E-state index >= 15 is 0 Å². The molecule has 0 radical (unpaired) electrons. The Labute approximate surface area is 81.4 Å². The van der Waals surface area contributed by atoms with Crippen molar-refractivity contribution in [3.63, 3.8) is 0 Å². The molecule has 74 valence electrons. The average molecular weight is 180 g/mol. The molecule has 0 atom stereocenters. The second-order valence-corrected chi connectivity index (χ2v) is 2.86. The third-order valence-corrected chi connectivity index (χ3v) is 1.42. The maximum absolute atomic E-state index is 4.19. The average Bonchev–Trinajstić information content (AvgIpc) is 2.19. The molecule has 0 unspecified atom stereocenters. The highest BCUT2D eigenvalue weighted by Gasteiger charge is 1.93. The van der Waals surface area contributed by atoms with Crippen LogP contribution in [0.3, 0.4) is 0 Å². The molecule has 0 bridgehead atoms. The van der Waals surface area contributed by atoms with Crippen LogP contribution in [0.2, 0.25) is 0 Å². The third-order valence-electron chi connectivity index (χ3n) is 1.42. The van der Waals surface area contributed by atoms with Gasteiger partial charge >= 0.3 is 0 Å². The van der Waals surface area contributed by atoms with Crippen molar-refractivity contribution in [3.8, 4) is 0 Å². The van der Waals surface area contributed by atoms with Crippen LogP contribution < -0.4 is 5.32 Å². The summed E-state index contributed by atoms with van der Waals surface area (Å²) in [6, 6.07) is 6.48. The van der Waals surface area contributed by atoms with Gasteiger partial charge in [0, 0.05) is 18.8 Å². The van der Waals surface area contributed by atoms with E-state index in [0.29, 0.717) is 6.04 Å². The van der Waals surface area contributed by atoms with E-state index in [1.54, 1.807) is 0 Å². The Morgan fingerprint density at radius 2 is 2.00 bits per heavy atom. The largest absolute Gasteiger partial charge is 0.309 e. The summed E-state index contributed by atoms with van der Waals surface area (Å²) in [6.07, 6.45) is 1.82. The molecule has 1 aromatic heterocycles. The molecule has 0 saturated heterocycles. The molecule has 1 heterocycles. The minimum absolute atomic E-state index is 0.525. The summed E-state index contributed by atoms with van der Waals surface area (Å²) in [5.41, 5.74) is 1.10. The van der Waals surface area contributed by atoms with Gasteiger partial charge in [0.05, 0.1) is 5.69 Å². The number of nitrogens with zero attached hydrogens (tertiary/aromatic N) is 1. The lowest BCUT2D eigenvalue weighted by Crippen LogP contribution is -2.22. The summed E-state index contributed by atoms with van der Waals surface area (Å²) in [7, 11) is 0. The lowest BCUT2D eigenvalue weighted by molar-refractivity contribution is 0.581. The molecule has 1 rings (SSSR count). The van der Waals surface area contributed by atoms with Crippen molar-refractivity contribution in [2.75, 3.05) is 0 Å². The quantitative estimate of drug-likeness (QED) is 0.773. The summed E-state index contributed by atoms with van der Waals surface area (Å²) >= 11 is 0. The van der Waals surface area contributed by atoms with Gasteiger partial charge in [-0.05, 0) is 12.1 Å². The standard InChI is InChI=1S/C9H14N2.C2H6/c1-8(2)11-7-9-5-3-4-6-10-9;1-2/h3-6,8,11H,7H2,1-2H3;1-2H3. The SMILES string of the molecule is CC.CC(C)NCc1ccccn1. The van der Waals surface area contributed by atoms with E-state index in [0.717, 1.165) is 12.2 Å². The first-order valence-corrected chi connectivity index (χ1v) is 4.92.